The van der Waals surface area contributed by atoms with Gasteiger partial charge in [0.25, 0.3) is 5.78 Å². The molecule has 0 amide bonds. The highest BCUT2D eigenvalue weighted by molar-refractivity contribution is 5.66. The molecule has 1 aliphatic heterocycles. The van der Waals surface area contributed by atoms with Crippen molar-refractivity contribution in [2.24, 2.45) is 5.92 Å². The van der Waals surface area contributed by atoms with Crippen LogP contribution in [-0.2, 0) is 4.79 Å². The average molecular weight is 275 g/mol. The van der Waals surface area contributed by atoms with E-state index in [-0.39, 0.29) is 6.42 Å². The zero-order valence-electron chi connectivity index (χ0n) is 11.4. The number of anilines is 1. The van der Waals surface area contributed by atoms with Crippen LogP contribution in [0.1, 0.15) is 25.0 Å². The fraction of sp³-hybridized carbons (Fsp3) is 0.538. The molecule has 106 valence electrons. The van der Waals surface area contributed by atoms with Crippen molar-refractivity contribution in [2.75, 3.05) is 18.0 Å². The lowest BCUT2D eigenvalue weighted by atomic mass is 10.0. The van der Waals surface area contributed by atoms with Crippen molar-refractivity contribution in [3.8, 4) is 0 Å². The van der Waals surface area contributed by atoms with Crippen LogP contribution in [0.4, 0.5) is 5.82 Å². The summed E-state index contributed by atoms with van der Waals surface area (Å²) in [7, 11) is 0. The number of fused-ring (bicyclic) bond motifs is 1. The molecule has 1 fully saturated rings. The number of aryl methyl sites for hydroxylation is 1. The first kappa shape index (κ1) is 12.8. The lowest BCUT2D eigenvalue weighted by Gasteiger charge is -2.19. The maximum Gasteiger partial charge on any atom is 0.303 e. The third-order valence-corrected chi connectivity index (χ3v) is 3.74. The minimum atomic E-state index is -0.720. The van der Waals surface area contributed by atoms with Crippen molar-refractivity contribution in [1.29, 1.82) is 0 Å². The number of carboxylic acid groups (broad SMARTS) is 1. The maximum atomic E-state index is 10.6. The summed E-state index contributed by atoms with van der Waals surface area (Å²) in [6.45, 7) is 3.73. The summed E-state index contributed by atoms with van der Waals surface area (Å²) in [5, 5.41) is 13.0. The minimum absolute atomic E-state index is 0.243. The molecule has 0 bridgehead atoms. The first-order chi connectivity index (χ1) is 9.63. The Hall–Kier alpha value is -2.18. The van der Waals surface area contributed by atoms with E-state index in [9.17, 15) is 4.79 Å². The van der Waals surface area contributed by atoms with E-state index in [2.05, 4.69) is 20.0 Å². The Bertz CT molecular complexity index is 639. The first-order valence-corrected chi connectivity index (χ1v) is 6.77. The molecule has 0 aliphatic carbocycles. The summed E-state index contributed by atoms with van der Waals surface area (Å²) in [5.74, 6) is 1.30. The maximum absolute atomic E-state index is 10.6. The van der Waals surface area contributed by atoms with Gasteiger partial charge < -0.3 is 10.0 Å². The topological polar surface area (TPSA) is 83.6 Å². The fourth-order valence-electron chi connectivity index (χ4n) is 2.74. The second-order valence-corrected chi connectivity index (χ2v) is 5.26. The van der Waals surface area contributed by atoms with Gasteiger partial charge in [-0.15, -0.1) is 0 Å². The lowest BCUT2D eigenvalue weighted by molar-refractivity contribution is -0.137. The molecule has 0 radical (unpaired) electrons. The van der Waals surface area contributed by atoms with Crippen LogP contribution in [-0.4, -0.2) is 43.7 Å². The number of hydrogen-bond acceptors (Lipinski definition) is 5. The van der Waals surface area contributed by atoms with Gasteiger partial charge in [0.2, 0.25) is 0 Å². The lowest BCUT2D eigenvalue weighted by Crippen LogP contribution is -2.23. The number of carboxylic acids is 1. The van der Waals surface area contributed by atoms with E-state index in [0.29, 0.717) is 11.7 Å². The van der Waals surface area contributed by atoms with Gasteiger partial charge in [0, 0.05) is 31.3 Å². The number of aliphatic carboxylic acids is 1. The molecule has 20 heavy (non-hydrogen) atoms. The number of aromatic nitrogens is 4. The molecular weight excluding hydrogens is 258 g/mol. The van der Waals surface area contributed by atoms with Gasteiger partial charge in [0.05, 0.1) is 0 Å². The predicted octanol–water partition coefficient (Wildman–Crippen LogP) is 1.12. The Morgan fingerprint density at radius 3 is 3.20 bits per heavy atom. The van der Waals surface area contributed by atoms with Crippen LogP contribution in [0.15, 0.2) is 12.4 Å². The molecule has 1 atom stereocenters. The van der Waals surface area contributed by atoms with E-state index in [0.717, 1.165) is 37.4 Å². The summed E-state index contributed by atoms with van der Waals surface area (Å²) >= 11 is 0. The predicted molar refractivity (Wildman–Crippen MR) is 72.7 cm³/mol. The van der Waals surface area contributed by atoms with Crippen molar-refractivity contribution >= 4 is 17.6 Å². The molecule has 1 N–H and O–H groups in total. The summed E-state index contributed by atoms with van der Waals surface area (Å²) in [4.78, 5) is 21.3. The monoisotopic (exact) mass is 275 g/mol. The van der Waals surface area contributed by atoms with E-state index in [4.69, 9.17) is 5.11 Å². The highest BCUT2D eigenvalue weighted by Crippen LogP contribution is 2.26. The number of rotatable bonds is 4. The zero-order chi connectivity index (χ0) is 14.1. The van der Waals surface area contributed by atoms with Gasteiger partial charge in [-0.3, -0.25) is 4.79 Å². The summed E-state index contributed by atoms with van der Waals surface area (Å²) < 4.78 is 1.74. The van der Waals surface area contributed by atoms with Crippen LogP contribution < -0.4 is 4.90 Å². The Morgan fingerprint density at radius 1 is 1.55 bits per heavy atom. The van der Waals surface area contributed by atoms with E-state index in [1.165, 1.54) is 6.33 Å². The number of nitrogens with zero attached hydrogens (tertiary/aromatic N) is 5. The third kappa shape index (κ3) is 2.43. The van der Waals surface area contributed by atoms with Crippen LogP contribution in [0.3, 0.4) is 0 Å². The van der Waals surface area contributed by atoms with Crippen molar-refractivity contribution in [3.05, 3.63) is 18.1 Å². The second-order valence-electron chi connectivity index (χ2n) is 5.26. The molecule has 2 aromatic rings. The van der Waals surface area contributed by atoms with Crippen molar-refractivity contribution in [2.45, 2.75) is 26.2 Å². The van der Waals surface area contributed by atoms with Gasteiger partial charge in [-0.05, 0) is 25.7 Å². The Labute approximate surface area is 116 Å². The van der Waals surface area contributed by atoms with Gasteiger partial charge in [-0.2, -0.15) is 14.6 Å². The standard InChI is InChI=1S/C13H17N5O2/c1-9-6-11(18-13(16-9)14-8-15-18)17-5-4-10(7-17)2-3-12(19)20/h6,8,10H,2-5,7H2,1H3,(H,19,20). The second kappa shape index (κ2) is 5.07. The van der Waals surface area contributed by atoms with Gasteiger partial charge in [0.15, 0.2) is 0 Å². The minimum Gasteiger partial charge on any atom is -0.481 e. The zero-order valence-corrected chi connectivity index (χ0v) is 11.4. The van der Waals surface area contributed by atoms with E-state index in [1.54, 1.807) is 4.52 Å². The first-order valence-electron chi connectivity index (χ1n) is 6.77. The van der Waals surface area contributed by atoms with Gasteiger partial charge in [-0.25, -0.2) is 4.98 Å². The molecule has 2 aromatic heterocycles. The number of hydrogen-bond donors (Lipinski definition) is 1. The molecule has 3 rings (SSSR count). The fourth-order valence-corrected chi connectivity index (χ4v) is 2.74. The van der Waals surface area contributed by atoms with E-state index < -0.39 is 5.97 Å². The van der Waals surface area contributed by atoms with Crippen LogP contribution in [0, 0.1) is 12.8 Å². The van der Waals surface area contributed by atoms with Crippen molar-refractivity contribution < 1.29 is 9.90 Å². The molecule has 0 saturated carbocycles. The molecule has 1 saturated heterocycles. The van der Waals surface area contributed by atoms with Gasteiger partial charge in [0.1, 0.15) is 12.1 Å². The summed E-state index contributed by atoms with van der Waals surface area (Å²) in [6, 6.07) is 2.00. The molecule has 7 heteroatoms. The van der Waals surface area contributed by atoms with Crippen molar-refractivity contribution in [3.63, 3.8) is 0 Å². The molecule has 3 heterocycles. The van der Waals surface area contributed by atoms with Crippen LogP contribution in [0.2, 0.25) is 0 Å². The van der Waals surface area contributed by atoms with Crippen molar-refractivity contribution in [1.82, 2.24) is 19.6 Å². The molecule has 0 spiro atoms. The van der Waals surface area contributed by atoms with Gasteiger partial charge >= 0.3 is 5.97 Å². The SMILES string of the molecule is Cc1cc(N2CCC(CCC(=O)O)C2)n2ncnc2n1. The van der Waals surface area contributed by atoms with Crippen LogP contribution in [0.5, 0.6) is 0 Å². The van der Waals surface area contributed by atoms with Gasteiger partial charge in [-0.1, -0.05) is 0 Å². The summed E-state index contributed by atoms with van der Waals surface area (Å²) in [5.41, 5.74) is 0.912. The summed E-state index contributed by atoms with van der Waals surface area (Å²) in [6.07, 6.45) is 3.50. The molecule has 0 aromatic carbocycles. The largest absolute Gasteiger partial charge is 0.481 e. The van der Waals surface area contributed by atoms with Crippen LogP contribution >= 0.6 is 0 Å². The number of carbonyl (C=O) groups is 1. The molecule has 1 aliphatic rings. The quantitative estimate of drug-likeness (QED) is 0.900. The normalized spacial score (nSPS) is 18.9. The Morgan fingerprint density at radius 2 is 2.40 bits per heavy atom. The smallest absolute Gasteiger partial charge is 0.303 e. The van der Waals surface area contributed by atoms with E-state index >= 15 is 0 Å². The molecular formula is C13H17N5O2. The van der Waals surface area contributed by atoms with E-state index in [1.807, 2.05) is 13.0 Å². The van der Waals surface area contributed by atoms with Crippen LogP contribution in [0.25, 0.3) is 5.78 Å². The third-order valence-electron chi connectivity index (χ3n) is 3.74. The molecule has 7 nitrogen and oxygen atoms in total. The Balaban J connectivity index is 1.79. The molecule has 1 unspecified atom stereocenters. The highest BCUT2D eigenvalue weighted by Gasteiger charge is 2.25. The highest BCUT2D eigenvalue weighted by atomic mass is 16.4. The average Bonchev–Trinajstić information content (AvgIpc) is 3.03. The Kier molecular flexibility index (Phi) is 3.25.